The Labute approximate surface area is 101 Å². The van der Waals surface area contributed by atoms with Crippen molar-refractivity contribution in [2.24, 2.45) is 5.73 Å². The quantitative estimate of drug-likeness (QED) is 0.868. The molecule has 1 aliphatic rings. The van der Waals surface area contributed by atoms with E-state index in [9.17, 15) is 4.39 Å². The van der Waals surface area contributed by atoms with Crippen molar-refractivity contribution in [3.8, 4) is 0 Å². The van der Waals surface area contributed by atoms with Gasteiger partial charge in [-0.05, 0) is 32.0 Å². The van der Waals surface area contributed by atoms with Crippen LogP contribution in [-0.2, 0) is 11.2 Å². The van der Waals surface area contributed by atoms with Crippen LogP contribution in [0, 0.1) is 5.82 Å². The van der Waals surface area contributed by atoms with E-state index in [4.69, 9.17) is 10.5 Å². The Morgan fingerprint density at radius 2 is 2.35 bits per heavy atom. The fourth-order valence-corrected chi connectivity index (χ4v) is 2.29. The first kappa shape index (κ1) is 12.3. The van der Waals surface area contributed by atoms with Crippen LogP contribution in [0.5, 0.6) is 0 Å². The number of anilines is 1. The largest absolute Gasteiger partial charge is 0.377 e. The van der Waals surface area contributed by atoms with E-state index in [1.54, 1.807) is 6.07 Å². The molecular weight excluding hydrogens is 219 g/mol. The van der Waals surface area contributed by atoms with Gasteiger partial charge in [0, 0.05) is 23.8 Å². The second kappa shape index (κ2) is 5.47. The number of rotatable bonds is 3. The van der Waals surface area contributed by atoms with Gasteiger partial charge in [-0.15, -0.1) is 0 Å². The Morgan fingerprint density at radius 1 is 1.53 bits per heavy atom. The summed E-state index contributed by atoms with van der Waals surface area (Å²) in [5, 5.41) is 0. The minimum Gasteiger partial charge on any atom is -0.377 e. The summed E-state index contributed by atoms with van der Waals surface area (Å²) in [7, 11) is 0. The van der Waals surface area contributed by atoms with Crippen molar-refractivity contribution in [2.45, 2.75) is 19.4 Å². The summed E-state index contributed by atoms with van der Waals surface area (Å²) < 4.78 is 19.2. The summed E-state index contributed by atoms with van der Waals surface area (Å²) >= 11 is 0. The second-order valence-corrected chi connectivity index (χ2v) is 4.39. The Bertz CT molecular complexity index is 384. The zero-order valence-electron chi connectivity index (χ0n) is 10.2. The van der Waals surface area contributed by atoms with Crippen LogP contribution in [0.1, 0.15) is 12.5 Å². The molecule has 1 aromatic rings. The maximum Gasteiger partial charge on any atom is 0.128 e. The topological polar surface area (TPSA) is 38.5 Å². The lowest BCUT2D eigenvalue weighted by Gasteiger charge is -2.36. The van der Waals surface area contributed by atoms with E-state index < -0.39 is 0 Å². The van der Waals surface area contributed by atoms with E-state index in [1.807, 2.05) is 6.07 Å². The fraction of sp³-hybridized carbons (Fsp3) is 0.538. The number of nitrogens with two attached hydrogens (primary N) is 1. The molecule has 1 aromatic carbocycles. The molecule has 2 rings (SSSR count). The highest BCUT2D eigenvalue weighted by molar-refractivity contribution is 5.55. The predicted molar refractivity (Wildman–Crippen MR) is 66.8 cm³/mol. The first-order valence-electron chi connectivity index (χ1n) is 6.06. The highest BCUT2D eigenvalue weighted by atomic mass is 19.1. The summed E-state index contributed by atoms with van der Waals surface area (Å²) in [6.45, 7) is 4.76. The maximum atomic E-state index is 13.8. The average Bonchev–Trinajstić information content (AvgIpc) is 2.33. The van der Waals surface area contributed by atoms with Crippen LogP contribution in [0.25, 0.3) is 0 Å². The highest BCUT2D eigenvalue weighted by Gasteiger charge is 2.22. The van der Waals surface area contributed by atoms with Gasteiger partial charge in [-0.2, -0.15) is 0 Å². The molecule has 0 bridgehead atoms. The summed E-state index contributed by atoms with van der Waals surface area (Å²) in [5.74, 6) is -0.161. The van der Waals surface area contributed by atoms with Gasteiger partial charge in [-0.25, -0.2) is 4.39 Å². The third kappa shape index (κ3) is 2.58. The lowest BCUT2D eigenvalue weighted by Crippen LogP contribution is -2.44. The molecule has 1 unspecified atom stereocenters. The number of morpholine rings is 1. The number of hydrogen-bond acceptors (Lipinski definition) is 3. The molecule has 4 heteroatoms. The molecule has 1 aliphatic heterocycles. The van der Waals surface area contributed by atoms with E-state index in [2.05, 4.69) is 11.8 Å². The van der Waals surface area contributed by atoms with Crippen LogP contribution in [0.3, 0.4) is 0 Å². The number of ether oxygens (including phenoxy) is 1. The minimum absolute atomic E-state index is 0.161. The number of halogens is 1. The normalized spacial score (nSPS) is 20.6. The molecule has 0 aliphatic carbocycles. The van der Waals surface area contributed by atoms with Gasteiger partial charge in [0.05, 0.1) is 13.2 Å². The number of hydrogen-bond donors (Lipinski definition) is 1. The summed E-state index contributed by atoms with van der Waals surface area (Å²) in [4.78, 5) is 2.21. The van der Waals surface area contributed by atoms with Crippen LogP contribution in [0.2, 0.25) is 0 Å². The van der Waals surface area contributed by atoms with Gasteiger partial charge in [0.2, 0.25) is 0 Å². The maximum absolute atomic E-state index is 13.8. The summed E-state index contributed by atoms with van der Waals surface area (Å²) in [5.41, 5.74) is 7.24. The SMILES string of the molecule is CC1COCCN1c1cccc(F)c1CCN. The first-order chi connectivity index (χ1) is 8.24. The Balaban J connectivity index is 2.32. The zero-order chi connectivity index (χ0) is 12.3. The van der Waals surface area contributed by atoms with E-state index in [1.165, 1.54) is 6.07 Å². The van der Waals surface area contributed by atoms with Crippen LogP contribution in [-0.4, -0.2) is 32.3 Å². The molecule has 94 valence electrons. The van der Waals surface area contributed by atoms with Crippen molar-refractivity contribution in [1.82, 2.24) is 0 Å². The summed E-state index contributed by atoms with van der Waals surface area (Å²) in [6, 6.07) is 5.50. The van der Waals surface area contributed by atoms with Crippen LogP contribution >= 0.6 is 0 Å². The molecule has 3 nitrogen and oxygen atoms in total. The number of benzene rings is 1. The van der Waals surface area contributed by atoms with Crippen LogP contribution in [0.4, 0.5) is 10.1 Å². The standard InChI is InChI=1S/C13H19FN2O/c1-10-9-17-8-7-16(10)13-4-2-3-12(14)11(13)5-6-15/h2-4,10H,5-9,15H2,1H3. The molecule has 2 N–H and O–H groups in total. The Kier molecular flexibility index (Phi) is 3.97. The molecule has 1 atom stereocenters. The van der Waals surface area contributed by atoms with E-state index >= 15 is 0 Å². The molecule has 17 heavy (non-hydrogen) atoms. The van der Waals surface area contributed by atoms with Crippen molar-refractivity contribution in [1.29, 1.82) is 0 Å². The first-order valence-corrected chi connectivity index (χ1v) is 6.06. The van der Waals surface area contributed by atoms with Crippen molar-refractivity contribution in [3.05, 3.63) is 29.6 Å². The third-order valence-electron chi connectivity index (χ3n) is 3.17. The van der Waals surface area contributed by atoms with Crippen molar-refractivity contribution >= 4 is 5.69 Å². The summed E-state index contributed by atoms with van der Waals surface area (Å²) in [6.07, 6.45) is 0.575. The van der Waals surface area contributed by atoms with E-state index in [-0.39, 0.29) is 11.9 Å². The second-order valence-electron chi connectivity index (χ2n) is 4.39. The van der Waals surface area contributed by atoms with Crippen molar-refractivity contribution in [2.75, 3.05) is 31.2 Å². The van der Waals surface area contributed by atoms with Crippen LogP contribution < -0.4 is 10.6 Å². The predicted octanol–water partition coefficient (Wildman–Crippen LogP) is 1.55. The lowest BCUT2D eigenvalue weighted by atomic mass is 10.1. The molecule has 1 saturated heterocycles. The Morgan fingerprint density at radius 3 is 3.06 bits per heavy atom. The molecule has 0 amide bonds. The third-order valence-corrected chi connectivity index (χ3v) is 3.17. The molecule has 0 aromatic heterocycles. The van der Waals surface area contributed by atoms with Gasteiger partial charge in [-0.3, -0.25) is 0 Å². The molecule has 0 radical (unpaired) electrons. The molecular formula is C13H19FN2O. The van der Waals surface area contributed by atoms with Gasteiger partial charge >= 0.3 is 0 Å². The number of nitrogens with zero attached hydrogens (tertiary/aromatic N) is 1. The average molecular weight is 238 g/mol. The molecule has 0 spiro atoms. The molecule has 0 saturated carbocycles. The van der Waals surface area contributed by atoms with Gasteiger partial charge in [0.25, 0.3) is 0 Å². The van der Waals surface area contributed by atoms with E-state index in [0.717, 1.165) is 17.8 Å². The monoisotopic (exact) mass is 238 g/mol. The van der Waals surface area contributed by atoms with Gasteiger partial charge in [0.1, 0.15) is 5.82 Å². The highest BCUT2D eigenvalue weighted by Crippen LogP contribution is 2.26. The van der Waals surface area contributed by atoms with Crippen LogP contribution in [0.15, 0.2) is 18.2 Å². The lowest BCUT2D eigenvalue weighted by molar-refractivity contribution is 0.0988. The van der Waals surface area contributed by atoms with Crippen molar-refractivity contribution < 1.29 is 9.13 Å². The van der Waals surface area contributed by atoms with Gasteiger partial charge < -0.3 is 15.4 Å². The van der Waals surface area contributed by atoms with Crippen molar-refractivity contribution in [3.63, 3.8) is 0 Å². The minimum atomic E-state index is -0.161. The fourth-order valence-electron chi connectivity index (χ4n) is 2.29. The van der Waals surface area contributed by atoms with Gasteiger partial charge in [-0.1, -0.05) is 6.07 Å². The Hall–Kier alpha value is -1.13. The zero-order valence-corrected chi connectivity index (χ0v) is 10.2. The smallest absolute Gasteiger partial charge is 0.128 e. The van der Waals surface area contributed by atoms with Gasteiger partial charge in [0.15, 0.2) is 0 Å². The van der Waals surface area contributed by atoms with E-state index in [0.29, 0.717) is 26.2 Å². The molecule has 1 fully saturated rings. The molecule has 1 heterocycles.